The fourth-order valence-corrected chi connectivity index (χ4v) is 1.61. The highest BCUT2D eigenvalue weighted by Crippen LogP contribution is 2.30. The first-order chi connectivity index (χ1) is 9.18. The molecule has 0 aliphatic heterocycles. The van der Waals surface area contributed by atoms with Crippen molar-refractivity contribution in [2.75, 3.05) is 20.8 Å². The average molecular weight is 293 g/mol. The van der Waals surface area contributed by atoms with Crippen molar-refractivity contribution in [3.8, 4) is 0 Å². The van der Waals surface area contributed by atoms with E-state index in [9.17, 15) is 22.4 Å². The molecule has 112 valence electrons. The normalized spacial score (nSPS) is 13.2. The van der Waals surface area contributed by atoms with Crippen LogP contribution in [0.5, 0.6) is 0 Å². The van der Waals surface area contributed by atoms with Crippen molar-refractivity contribution in [1.29, 1.82) is 0 Å². The minimum Gasteiger partial charge on any atom is -0.383 e. The monoisotopic (exact) mass is 293 g/mol. The first-order valence-corrected chi connectivity index (χ1v) is 5.81. The highest BCUT2D eigenvalue weighted by atomic mass is 19.4. The van der Waals surface area contributed by atoms with Crippen molar-refractivity contribution in [1.82, 2.24) is 4.90 Å². The maximum absolute atomic E-state index is 13.6. The number of rotatable bonds is 4. The Bertz CT molecular complexity index is 488. The minimum absolute atomic E-state index is 0.197. The molecule has 1 aromatic rings. The SMILES string of the molecule is COCC(C)N(C)C(=O)c1cc(C(F)(F)F)ccc1F. The molecule has 0 fully saturated rings. The second kappa shape index (κ2) is 6.21. The molecule has 1 atom stereocenters. The molecular formula is C13H15F4NO2. The number of ether oxygens (including phenoxy) is 1. The lowest BCUT2D eigenvalue weighted by atomic mass is 10.1. The van der Waals surface area contributed by atoms with Gasteiger partial charge in [-0.25, -0.2) is 4.39 Å². The molecule has 1 rings (SSSR count). The number of alkyl halides is 3. The molecule has 0 aliphatic carbocycles. The van der Waals surface area contributed by atoms with Gasteiger partial charge in [-0.05, 0) is 25.1 Å². The van der Waals surface area contributed by atoms with Crippen LogP contribution >= 0.6 is 0 Å². The number of likely N-dealkylation sites (N-methyl/N-ethyl adjacent to an activating group) is 1. The Balaban J connectivity index is 3.09. The number of benzene rings is 1. The summed E-state index contributed by atoms with van der Waals surface area (Å²) in [6.45, 7) is 1.84. The molecule has 1 unspecified atom stereocenters. The van der Waals surface area contributed by atoms with E-state index in [0.717, 1.165) is 4.90 Å². The molecule has 0 saturated heterocycles. The summed E-state index contributed by atoms with van der Waals surface area (Å²) < 4.78 is 56.2. The summed E-state index contributed by atoms with van der Waals surface area (Å²) in [6.07, 6.45) is -4.63. The predicted molar refractivity (Wildman–Crippen MR) is 64.8 cm³/mol. The van der Waals surface area contributed by atoms with Crippen LogP contribution < -0.4 is 0 Å². The maximum atomic E-state index is 13.6. The molecule has 0 aliphatic rings. The van der Waals surface area contributed by atoms with Crippen molar-refractivity contribution in [3.63, 3.8) is 0 Å². The summed E-state index contributed by atoms with van der Waals surface area (Å²) >= 11 is 0. The second-order valence-electron chi connectivity index (χ2n) is 4.41. The fraction of sp³-hybridized carbons (Fsp3) is 0.462. The Labute approximate surface area is 114 Å². The van der Waals surface area contributed by atoms with Gasteiger partial charge in [-0.3, -0.25) is 4.79 Å². The molecule has 0 saturated carbocycles. The molecule has 1 aromatic carbocycles. The van der Waals surface area contributed by atoms with Crippen LogP contribution in [-0.2, 0) is 10.9 Å². The summed E-state index contributed by atoms with van der Waals surface area (Å²) in [5.74, 6) is -1.81. The number of hydrogen-bond donors (Lipinski definition) is 0. The first kappa shape index (κ1) is 16.4. The second-order valence-corrected chi connectivity index (χ2v) is 4.41. The molecule has 0 spiro atoms. The molecule has 0 aromatic heterocycles. The standard InChI is InChI=1S/C13H15F4NO2/c1-8(7-20-3)18(2)12(19)10-6-9(13(15,16)17)4-5-11(10)14/h4-6,8H,7H2,1-3H3. The summed E-state index contributed by atoms with van der Waals surface area (Å²) in [5.41, 5.74) is -1.67. The Morgan fingerprint density at radius 1 is 1.40 bits per heavy atom. The van der Waals surface area contributed by atoms with E-state index in [0.29, 0.717) is 18.2 Å². The van der Waals surface area contributed by atoms with Gasteiger partial charge >= 0.3 is 6.18 Å². The molecule has 0 heterocycles. The van der Waals surface area contributed by atoms with E-state index in [2.05, 4.69) is 0 Å². The molecule has 1 amide bonds. The molecule has 0 N–H and O–H groups in total. The van der Waals surface area contributed by atoms with Gasteiger partial charge in [-0.15, -0.1) is 0 Å². The van der Waals surface area contributed by atoms with Crippen LogP contribution in [-0.4, -0.2) is 37.6 Å². The zero-order valence-corrected chi connectivity index (χ0v) is 11.3. The largest absolute Gasteiger partial charge is 0.416 e. The van der Waals surface area contributed by atoms with Crippen LogP contribution in [0.1, 0.15) is 22.8 Å². The summed E-state index contributed by atoms with van der Waals surface area (Å²) in [5, 5.41) is 0. The molecule has 7 heteroatoms. The van der Waals surface area contributed by atoms with E-state index in [1.54, 1.807) is 6.92 Å². The quantitative estimate of drug-likeness (QED) is 0.799. The van der Waals surface area contributed by atoms with E-state index in [1.165, 1.54) is 14.2 Å². The Kier molecular flexibility index (Phi) is 5.10. The van der Waals surface area contributed by atoms with Crippen molar-refractivity contribution >= 4 is 5.91 Å². The number of nitrogens with zero attached hydrogens (tertiary/aromatic N) is 1. The number of amides is 1. The van der Waals surface area contributed by atoms with Crippen LogP contribution in [0, 0.1) is 5.82 Å². The van der Waals surface area contributed by atoms with E-state index in [1.807, 2.05) is 0 Å². The van der Waals surface area contributed by atoms with Crippen LogP contribution in [0.4, 0.5) is 17.6 Å². The third-order valence-corrected chi connectivity index (χ3v) is 2.91. The highest BCUT2D eigenvalue weighted by molar-refractivity contribution is 5.94. The maximum Gasteiger partial charge on any atom is 0.416 e. The highest BCUT2D eigenvalue weighted by Gasteiger charge is 2.32. The van der Waals surface area contributed by atoms with E-state index in [-0.39, 0.29) is 12.6 Å². The van der Waals surface area contributed by atoms with Crippen LogP contribution in [0.25, 0.3) is 0 Å². The van der Waals surface area contributed by atoms with E-state index < -0.39 is 29.0 Å². The van der Waals surface area contributed by atoms with Gasteiger partial charge in [0.2, 0.25) is 0 Å². The number of carbonyl (C=O) groups is 1. The zero-order chi connectivity index (χ0) is 15.5. The number of methoxy groups -OCH3 is 1. The zero-order valence-electron chi connectivity index (χ0n) is 11.3. The average Bonchev–Trinajstić information content (AvgIpc) is 2.36. The van der Waals surface area contributed by atoms with Crippen molar-refractivity contribution in [2.45, 2.75) is 19.1 Å². The smallest absolute Gasteiger partial charge is 0.383 e. The summed E-state index contributed by atoms with van der Waals surface area (Å²) in [6, 6.07) is 1.38. The number of hydrogen-bond acceptors (Lipinski definition) is 2. The third kappa shape index (κ3) is 3.69. The van der Waals surface area contributed by atoms with Crippen molar-refractivity contribution in [2.24, 2.45) is 0 Å². The van der Waals surface area contributed by atoms with Gasteiger partial charge in [-0.1, -0.05) is 0 Å². The summed E-state index contributed by atoms with van der Waals surface area (Å²) in [4.78, 5) is 13.2. The molecular weight excluding hydrogens is 278 g/mol. The van der Waals surface area contributed by atoms with Gasteiger partial charge < -0.3 is 9.64 Å². The number of carbonyl (C=O) groups excluding carboxylic acids is 1. The molecule has 3 nitrogen and oxygen atoms in total. The van der Waals surface area contributed by atoms with E-state index in [4.69, 9.17) is 4.74 Å². The molecule has 0 bridgehead atoms. The number of halogens is 4. The first-order valence-electron chi connectivity index (χ1n) is 5.81. The van der Waals surface area contributed by atoms with Gasteiger partial charge in [0.25, 0.3) is 5.91 Å². The lowest BCUT2D eigenvalue weighted by Gasteiger charge is -2.24. The van der Waals surface area contributed by atoms with Gasteiger partial charge in [0, 0.05) is 14.2 Å². The van der Waals surface area contributed by atoms with E-state index >= 15 is 0 Å². The predicted octanol–water partition coefficient (Wildman–Crippen LogP) is 2.95. The van der Waals surface area contributed by atoms with Gasteiger partial charge in [0.05, 0.1) is 23.8 Å². The Hall–Kier alpha value is -1.63. The third-order valence-electron chi connectivity index (χ3n) is 2.91. The lowest BCUT2D eigenvalue weighted by molar-refractivity contribution is -0.137. The van der Waals surface area contributed by atoms with Crippen LogP contribution in [0.2, 0.25) is 0 Å². The Morgan fingerprint density at radius 2 is 2.00 bits per heavy atom. The van der Waals surface area contributed by atoms with Crippen LogP contribution in [0.3, 0.4) is 0 Å². The van der Waals surface area contributed by atoms with Crippen molar-refractivity contribution < 1.29 is 27.1 Å². The van der Waals surface area contributed by atoms with Gasteiger partial charge in [-0.2, -0.15) is 13.2 Å². The topological polar surface area (TPSA) is 29.5 Å². The minimum atomic E-state index is -4.63. The summed E-state index contributed by atoms with van der Waals surface area (Å²) in [7, 11) is 2.81. The van der Waals surface area contributed by atoms with Crippen LogP contribution in [0.15, 0.2) is 18.2 Å². The Morgan fingerprint density at radius 3 is 2.50 bits per heavy atom. The molecule has 0 radical (unpaired) electrons. The van der Waals surface area contributed by atoms with Gasteiger partial charge in [0.1, 0.15) is 5.82 Å². The lowest BCUT2D eigenvalue weighted by Crippen LogP contribution is -2.38. The fourth-order valence-electron chi connectivity index (χ4n) is 1.61. The van der Waals surface area contributed by atoms with Crippen molar-refractivity contribution in [3.05, 3.63) is 35.1 Å². The molecule has 20 heavy (non-hydrogen) atoms. The van der Waals surface area contributed by atoms with Gasteiger partial charge in [0.15, 0.2) is 0 Å².